The minimum Gasteiger partial charge on any atom is -0.425 e. The summed E-state index contributed by atoms with van der Waals surface area (Å²) in [4.78, 5) is 0. The molecule has 12 heavy (non-hydrogen) atoms. The van der Waals surface area contributed by atoms with Crippen molar-refractivity contribution in [3.8, 4) is 0 Å². The van der Waals surface area contributed by atoms with Gasteiger partial charge in [0.05, 0.1) is 0 Å². The Balaban J connectivity index is 2.59. The zero-order valence-electron chi connectivity index (χ0n) is 7.70. The Bertz CT molecular complexity index is 219. The minimum absolute atomic E-state index is 0.466. The molecule has 0 radical (unpaired) electrons. The molecule has 68 valence electrons. The second-order valence-corrected chi connectivity index (χ2v) is 3.10. The fraction of sp³-hybridized carbons (Fsp3) is 0.750. The summed E-state index contributed by atoms with van der Waals surface area (Å²) in [6, 6.07) is 0. The van der Waals surface area contributed by atoms with Gasteiger partial charge in [0, 0.05) is 6.61 Å². The van der Waals surface area contributed by atoms with Crippen LogP contribution in [0.3, 0.4) is 0 Å². The molecular weight excluding hydrogens is 156 g/mol. The van der Waals surface area contributed by atoms with E-state index in [1.54, 1.807) is 0 Å². The van der Waals surface area contributed by atoms with Gasteiger partial charge < -0.3 is 9.15 Å². The molecule has 1 aromatic rings. The van der Waals surface area contributed by atoms with Gasteiger partial charge in [0.15, 0.2) is 0 Å². The highest BCUT2D eigenvalue weighted by Gasteiger charge is 2.26. The molecule has 0 aliphatic rings. The first kappa shape index (κ1) is 9.19. The summed E-state index contributed by atoms with van der Waals surface area (Å²) in [5.41, 5.74) is -0.466. The van der Waals surface area contributed by atoms with Crippen LogP contribution in [0.2, 0.25) is 0 Å². The molecule has 1 rings (SSSR count). The van der Waals surface area contributed by atoms with Crippen LogP contribution in [-0.2, 0) is 10.3 Å². The normalized spacial score (nSPS) is 11.9. The monoisotopic (exact) mass is 170 g/mol. The van der Waals surface area contributed by atoms with Gasteiger partial charge >= 0.3 is 0 Å². The number of rotatable bonds is 4. The minimum atomic E-state index is -0.466. The Morgan fingerprint density at radius 1 is 1.58 bits per heavy atom. The molecule has 4 heteroatoms. The molecule has 0 saturated carbocycles. The van der Waals surface area contributed by atoms with Gasteiger partial charge in [-0.05, 0) is 20.3 Å². The van der Waals surface area contributed by atoms with E-state index >= 15 is 0 Å². The van der Waals surface area contributed by atoms with E-state index in [2.05, 4.69) is 17.1 Å². The third-order valence-electron chi connectivity index (χ3n) is 1.54. The maximum absolute atomic E-state index is 5.53. The summed E-state index contributed by atoms with van der Waals surface area (Å²) in [6.45, 7) is 6.59. The van der Waals surface area contributed by atoms with E-state index in [4.69, 9.17) is 9.15 Å². The van der Waals surface area contributed by atoms with Crippen molar-refractivity contribution in [2.75, 3.05) is 6.61 Å². The number of hydrogen-bond acceptors (Lipinski definition) is 4. The number of ether oxygens (including phenoxy) is 1. The van der Waals surface area contributed by atoms with E-state index in [0.717, 1.165) is 6.42 Å². The lowest BCUT2D eigenvalue weighted by molar-refractivity contribution is -0.0402. The smallest absolute Gasteiger partial charge is 0.247 e. The van der Waals surface area contributed by atoms with E-state index in [9.17, 15) is 0 Å². The summed E-state index contributed by atoms with van der Waals surface area (Å²) in [6.07, 6.45) is 2.30. The lowest BCUT2D eigenvalue weighted by Crippen LogP contribution is -2.22. The highest BCUT2D eigenvalue weighted by molar-refractivity contribution is 4.89. The average Bonchev–Trinajstić information content (AvgIpc) is 2.53. The summed E-state index contributed by atoms with van der Waals surface area (Å²) in [5, 5.41) is 7.40. The molecule has 0 saturated heterocycles. The zero-order chi connectivity index (χ0) is 9.03. The van der Waals surface area contributed by atoms with Crippen LogP contribution >= 0.6 is 0 Å². The molecule has 0 aliphatic carbocycles. The third-order valence-corrected chi connectivity index (χ3v) is 1.54. The highest BCUT2D eigenvalue weighted by Crippen LogP contribution is 2.21. The molecule has 0 N–H and O–H groups in total. The van der Waals surface area contributed by atoms with Crippen molar-refractivity contribution in [2.24, 2.45) is 0 Å². The lowest BCUT2D eigenvalue weighted by atomic mass is 10.1. The third kappa shape index (κ3) is 2.04. The van der Waals surface area contributed by atoms with Crippen LogP contribution in [0.15, 0.2) is 10.8 Å². The summed E-state index contributed by atoms with van der Waals surface area (Å²) in [5.74, 6) is 0.524. The van der Waals surface area contributed by atoms with E-state index in [0.29, 0.717) is 12.5 Å². The van der Waals surface area contributed by atoms with Crippen LogP contribution < -0.4 is 0 Å². The van der Waals surface area contributed by atoms with Crippen molar-refractivity contribution in [2.45, 2.75) is 32.8 Å². The van der Waals surface area contributed by atoms with Gasteiger partial charge in [-0.2, -0.15) is 0 Å². The van der Waals surface area contributed by atoms with E-state index in [-0.39, 0.29) is 0 Å². The van der Waals surface area contributed by atoms with Gasteiger partial charge in [0.2, 0.25) is 12.3 Å². The molecule has 0 amide bonds. The van der Waals surface area contributed by atoms with Crippen LogP contribution in [0.1, 0.15) is 33.1 Å². The predicted octanol–water partition coefficient (Wildman–Crippen LogP) is 1.73. The number of aromatic nitrogens is 2. The molecule has 1 aromatic heterocycles. The van der Waals surface area contributed by atoms with Crippen molar-refractivity contribution >= 4 is 0 Å². The topological polar surface area (TPSA) is 48.2 Å². The Hall–Kier alpha value is -0.900. The van der Waals surface area contributed by atoms with Crippen LogP contribution in [0.25, 0.3) is 0 Å². The molecular formula is C8H14N2O2. The quantitative estimate of drug-likeness (QED) is 0.690. The van der Waals surface area contributed by atoms with Gasteiger partial charge in [-0.15, -0.1) is 10.2 Å². The first-order chi connectivity index (χ1) is 5.67. The molecule has 0 fully saturated rings. The van der Waals surface area contributed by atoms with Crippen molar-refractivity contribution in [3.05, 3.63) is 12.3 Å². The van der Waals surface area contributed by atoms with Gasteiger partial charge in [-0.25, -0.2) is 0 Å². The maximum Gasteiger partial charge on any atom is 0.247 e. The Morgan fingerprint density at radius 2 is 2.33 bits per heavy atom. The molecule has 0 spiro atoms. The molecule has 0 unspecified atom stereocenters. The summed E-state index contributed by atoms with van der Waals surface area (Å²) >= 11 is 0. The SMILES string of the molecule is CCCOC(C)(C)c1nnco1. The Morgan fingerprint density at radius 3 is 2.83 bits per heavy atom. The molecule has 0 bridgehead atoms. The first-order valence-corrected chi connectivity index (χ1v) is 4.07. The molecule has 1 heterocycles. The lowest BCUT2D eigenvalue weighted by Gasteiger charge is -2.20. The Labute approximate surface area is 71.9 Å². The molecule has 0 aromatic carbocycles. The highest BCUT2D eigenvalue weighted by atomic mass is 16.5. The van der Waals surface area contributed by atoms with Crippen LogP contribution in [0.4, 0.5) is 0 Å². The largest absolute Gasteiger partial charge is 0.425 e. The number of nitrogens with zero attached hydrogens (tertiary/aromatic N) is 2. The standard InChI is InChI=1S/C8H14N2O2/c1-4-5-12-8(2,3)7-10-9-6-11-7/h6H,4-5H2,1-3H3. The van der Waals surface area contributed by atoms with Crippen LogP contribution in [-0.4, -0.2) is 16.8 Å². The zero-order valence-corrected chi connectivity index (χ0v) is 7.70. The van der Waals surface area contributed by atoms with Gasteiger partial charge in [0.25, 0.3) is 0 Å². The molecule has 4 nitrogen and oxygen atoms in total. The second-order valence-electron chi connectivity index (χ2n) is 3.10. The molecule has 0 aliphatic heterocycles. The van der Waals surface area contributed by atoms with E-state index in [1.165, 1.54) is 6.39 Å². The summed E-state index contributed by atoms with van der Waals surface area (Å²) in [7, 11) is 0. The van der Waals surface area contributed by atoms with Gasteiger partial charge in [-0.1, -0.05) is 6.92 Å². The Kier molecular flexibility index (Phi) is 2.81. The predicted molar refractivity (Wildman–Crippen MR) is 43.6 cm³/mol. The van der Waals surface area contributed by atoms with Crippen molar-refractivity contribution in [1.82, 2.24) is 10.2 Å². The maximum atomic E-state index is 5.53. The second kappa shape index (κ2) is 3.67. The van der Waals surface area contributed by atoms with Crippen molar-refractivity contribution in [3.63, 3.8) is 0 Å². The fourth-order valence-electron chi connectivity index (χ4n) is 0.854. The van der Waals surface area contributed by atoms with Crippen LogP contribution in [0.5, 0.6) is 0 Å². The average molecular weight is 170 g/mol. The molecule has 0 atom stereocenters. The summed E-state index contributed by atoms with van der Waals surface area (Å²) < 4.78 is 10.6. The van der Waals surface area contributed by atoms with Crippen molar-refractivity contribution in [1.29, 1.82) is 0 Å². The van der Waals surface area contributed by atoms with Gasteiger partial charge in [0.1, 0.15) is 5.60 Å². The van der Waals surface area contributed by atoms with Gasteiger partial charge in [-0.3, -0.25) is 0 Å². The first-order valence-electron chi connectivity index (χ1n) is 4.07. The fourth-order valence-corrected chi connectivity index (χ4v) is 0.854. The van der Waals surface area contributed by atoms with E-state index in [1.807, 2.05) is 13.8 Å². The van der Waals surface area contributed by atoms with E-state index < -0.39 is 5.60 Å². The number of hydrogen-bond donors (Lipinski definition) is 0. The van der Waals surface area contributed by atoms with Crippen molar-refractivity contribution < 1.29 is 9.15 Å². The van der Waals surface area contributed by atoms with Crippen LogP contribution in [0, 0.1) is 0 Å².